The number of aromatic nitrogens is 2. The molecule has 0 amide bonds. The second-order valence-corrected chi connectivity index (χ2v) is 5.98. The zero-order chi connectivity index (χ0) is 13.5. The van der Waals surface area contributed by atoms with Crippen LogP contribution in [0.5, 0.6) is 0 Å². The van der Waals surface area contributed by atoms with Gasteiger partial charge in [-0.15, -0.1) is 11.3 Å². The predicted octanol–water partition coefficient (Wildman–Crippen LogP) is 3.60. The van der Waals surface area contributed by atoms with Crippen LogP contribution in [-0.4, -0.2) is 15.8 Å². The molecule has 0 aliphatic heterocycles. The fourth-order valence-corrected chi connectivity index (χ4v) is 3.63. The monoisotopic (exact) mass is 280 g/mol. The van der Waals surface area contributed by atoms with Crippen molar-refractivity contribution in [1.82, 2.24) is 9.97 Å². The van der Waals surface area contributed by atoms with Crippen LogP contribution in [-0.2, 0) is 6.42 Å². The van der Waals surface area contributed by atoms with Gasteiger partial charge in [0.1, 0.15) is 0 Å². The van der Waals surface area contributed by atoms with Crippen LogP contribution in [0, 0.1) is 0 Å². The summed E-state index contributed by atoms with van der Waals surface area (Å²) in [5, 5.41) is 2.00. The van der Waals surface area contributed by atoms with Gasteiger partial charge in [-0.1, -0.05) is 6.07 Å². The van der Waals surface area contributed by atoms with Crippen molar-refractivity contribution in [1.29, 1.82) is 0 Å². The van der Waals surface area contributed by atoms with E-state index in [-0.39, 0.29) is 11.7 Å². The van der Waals surface area contributed by atoms with Crippen molar-refractivity contribution in [3.63, 3.8) is 0 Å². The normalized spacial score (nSPS) is 17.3. The molecular weight excluding hydrogens is 268 g/mol. The molecule has 1 atom stereocenters. The van der Waals surface area contributed by atoms with E-state index in [0.29, 0.717) is 5.56 Å². The highest BCUT2D eigenvalue weighted by atomic mass is 32.1. The number of hydrogen-bond acceptors (Lipinski definition) is 4. The number of ketones is 1. The average Bonchev–Trinajstić information content (AvgIpc) is 3.12. The number of rotatable bonds is 2. The zero-order valence-electron chi connectivity index (χ0n) is 10.7. The first-order valence-corrected chi connectivity index (χ1v) is 7.52. The maximum atomic E-state index is 12.7. The van der Waals surface area contributed by atoms with Gasteiger partial charge in [-0.3, -0.25) is 14.8 Å². The summed E-state index contributed by atoms with van der Waals surface area (Å²) >= 11 is 1.62. The number of nitrogens with zero attached hydrogens (tertiary/aromatic N) is 2. The first kappa shape index (κ1) is 11.7. The molecule has 0 fully saturated rings. The minimum absolute atomic E-state index is 0.106. The van der Waals surface area contributed by atoms with Gasteiger partial charge in [0.15, 0.2) is 5.78 Å². The predicted molar refractivity (Wildman–Crippen MR) is 79.2 cm³/mol. The lowest BCUT2D eigenvalue weighted by Gasteiger charge is -2.09. The highest BCUT2D eigenvalue weighted by Gasteiger charge is 2.30. The summed E-state index contributed by atoms with van der Waals surface area (Å²) in [5.74, 6) is 0.0377. The van der Waals surface area contributed by atoms with Crippen molar-refractivity contribution in [3.05, 3.63) is 58.9 Å². The van der Waals surface area contributed by atoms with Crippen molar-refractivity contribution in [2.24, 2.45) is 0 Å². The molecule has 3 aromatic heterocycles. The van der Waals surface area contributed by atoms with Gasteiger partial charge in [0, 0.05) is 18.0 Å². The minimum atomic E-state index is -0.106. The smallest absolute Gasteiger partial charge is 0.173 e. The Balaban J connectivity index is 1.74. The summed E-state index contributed by atoms with van der Waals surface area (Å²) in [6, 6.07) is 7.93. The van der Waals surface area contributed by atoms with E-state index < -0.39 is 0 Å². The van der Waals surface area contributed by atoms with E-state index in [9.17, 15) is 4.79 Å². The first-order valence-electron chi connectivity index (χ1n) is 6.64. The quantitative estimate of drug-likeness (QED) is 0.673. The molecule has 0 N–H and O–H groups in total. The van der Waals surface area contributed by atoms with Gasteiger partial charge in [0.05, 0.1) is 21.8 Å². The number of carbonyl (C=O) groups excluding carboxylic acids is 1. The Morgan fingerprint density at radius 3 is 3.20 bits per heavy atom. The van der Waals surface area contributed by atoms with Crippen LogP contribution in [0.15, 0.2) is 42.0 Å². The topological polar surface area (TPSA) is 42.9 Å². The van der Waals surface area contributed by atoms with Crippen LogP contribution < -0.4 is 0 Å². The molecule has 0 radical (unpaired) electrons. The number of Topliss-reactive ketones (excluding diaryl/α,β-unsaturated/α-hetero) is 1. The molecule has 3 aromatic rings. The van der Waals surface area contributed by atoms with Crippen molar-refractivity contribution in [3.8, 4) is 0 Å². The number of pyridine rings is 2. The third kappa shape index (κ3) is 1.76. The fraction of sp³-hybridized carbons (Fsp3) is 0.188. The van der Waals surface area contributed by atoms with Gasteiger partial charge >= 0.3 is 0 Å². The molecule has 1 unspecified atom stereocenters. The molecule has 4 rings (SSSR count). The standard InChI is InChI=1S/C16H12N2OS/c19-16(11-8-14-13(18-9-11)5-7-20-14)12-4-3-10-2-1-6-17-15(10)12/h1-2,5-9,12H,3-4H2. The lowest BCUT2D eigenvalue weighted by atomic mass is 9.96. The molecule has 3 nitrogen and oxygen atoms in total. The van der Waals surface area contributed by atoms with E-state index >= 15 is 0 Å². The second-order valence-electron chi connectivity index (χ2n) is 5.03. The van der Waals surface area contributed by atoms with E-state index in [1.165, 1.54) is 5.56 Å². The van der Waals surface area contributed by atoms with E-state index in [1.54, 1.807) is 23.7 Å². The number of thiophene rings is 1. The van der Waals surface area contributed by atoms with Crippen molar-refractivity contribution < 1.29 is 4.79 Å². The molecule has 0 saturated heterocycles. The number of hydrogen-bond donors (Lipinski definition) is 0. The average molecular weight is 280 g/mol. The van der Waals surface area contributed by atoms with E-state index in [1.807, 2.05) is 23.6 Å². The largest absolute Gasteiger partial charge is 0.293 e. The number of fused-ring (bicyclic) bond motifs is 2. The fourth-order valence-electron chi connectivity index (χ4n) is 2.85. The lowest BCUT2D eigenvalue weighted by molar-refractivity contribution is 0.0958. The molecule has 1 aliphatic rings. The Bertz CT molecular complexity index is 809. The van der Waals surface area contributed by atoms with E-state index in [4.69, 9.17) is 0 Å². The molecule has 0 aromatic carbocycles. The third-order valence-electron chi connectivity index (χ3n) is 3.86. The van der Waals surface area contributed by atoms with Crippen LogP contribution in [0.25, 0.3) is 10.2 Å². The Kier molecular flexibility index (Phi) is 2.63. The summed E-state index contributed by atoms with van der Waals surface area (Å²) < 4.78 is 1.06. The molecule has 0 bridgehead atoms. The molecule has 1 aliphatic carbocycles. The molecule has 4 heteroatoms. The Labute approximate surface area is 120 Å². The van der Waals surface area contributed by atoms with Crippen molar-refractivity contribution >= 4 is 27.3 Å². The summed E-state index contributed by atoms with van der Waals surface area (Å²) in [4.78, 5) is 21.5. The molecular formula is C16H12N2OS. The number of aryl methyl sites for hydroxylation is 1. The van der Waals surface area contributed by atoms with Crippen molar-refractivity contribution in [2.45, 2.75) is 18.8 Å². The SMILES string of the molecule is O=C(c1cnc2ccsc2c1)C1CCc2cccnc21. The number of carbonyl (C=O) groups is 1. The Hall–Kier alpha value is -2.07. The third-order valence-corrected chi connectivity index (χ3v) is 4.72. The van der Waals surface area contributed by atoms with Crippen LogP contribution in [0.2, 0.25) is 0 Å². The summed E-state index contributed by atoms with van der Waals surface area (Å²) in [7, 11) is 0. The second kappa shape index (κ2) is 4.49. The van der Waals surface area contributed by atoms with Crippen LogP contribution in [0.3, 0.4) is 0 Å². The van der Waals surface area contributed by atoms with Crippen molar-refractivity contribution in [2.75, 3.05) is 0 Å². The highest BCUT2D eigenvalue weighted by Crippen LogP contribution is 2.34. The zero-order valence-corrected chi connectivity index (χ0v) is 11.6. The van der Waals surface area contributed by atoms with E-state index in [2.05, 4.69) is 16.0 Å². The van der Waals surface area contributed by atoms with Gasteiger partial charge in [-0.05, 0) is 42.0 Å². The summed E-state index contributed by atoms with van der Waals surface area (Å²) in [6.45, 7) is 0. The maximum Gasteiger partial charge on any atom is 0.173 e. The van der Waals surface area contributed by atoms with Gasteiger partial charge in [-0.2, -0.15) is 0 Å². The Morgan fingerprint density at radius 2 is 2.25 bits per heavy atom. The Morgan fingerprint density at radius 1 is 1.30 bits per heavy atom. The van der Waals surface area contributed by atoms with Crippen LogP contribution >= 0.6 is 11.3 Å². The molecule has 0 saturated carbocycles. The summed E-state index contributed by atoms with van der Waals surface area (Å²) in [6.07, 6.45) is 5.26. The minimum Gasteiger partial charge on any atom is -0.293 e. The maximum absolute atomic E-state index is 12.7. The lowest BCUT2D eigenvalue weighted by Crippen LogP contribution is -2.11. The van der Waals surface area contributed by atoms with Crippen LogP contribution in [0.1, 0.15) is 34.0 Å². The van der Waals surface area contributed by atoms with Gasteiger partial charge in [0.2, 0.25) is 0 Å². The first-order chi connectivity index (χ1) is 9.83. The van der Waals surface area contributed by atoms with Gasteiger partial charge in [-0.25, -0.2) is 0 Å². The van der Waals surface area contributed by atoms with E-state index in [0.717, 1.165) is 28.8 Å². The molecule has 0 spiro atoms. The highest BCUT2D eigenvalue weighted by molar-refractivity contribution is 7.17. The molecule has 20 heavy (non-hydrogen) atoms. The molecule has 98 valence electrons. The van der Waals surface area contributed by atoms with Gasteiger partial charge < -0.3 is 0 Å². The van der Waals surface area contributed by atoms with Crippen LogP contribution in [0.4, 0.5) is 0 Å². The van der Waals surface area contributed by atoms with Gasteiger partial charge in [0.25, 0.3) is 0 Å². The summed E-state index contributed by atoms with van der Waals surface area (Å²) in [5.41, 5.74) is 3.81. The molecule has 3 heterocycles.